The van der Waals surface area contributed by atoms with Crippen LogP contribution in [0.2, 0.25) is 0 Å². The summed E-state index contributed by atoms with van der Waals surface area (Å²) < 4.78 is 0. The minimum atomic E-state index is -1.92. The number of hydrogen-bond acceptors (Lipinski definition) is 5. The van der Waals surface area contributed by atoms with Crippen LogP contribution in [0.3, 0.4) is 0 Å². The van der Waals surface area contributed by atoms with Gasteiger partial charge in [0.05, 0.1) is 5.75 Å². The zero-order valence-corrected chi connectivity index (χ0v) is 22.7. The molecule has 0 fully saturated rings. The molecule has 6 nitrogen and oxygen atoms in total. The Labute approximate surface area is 207 Å². The van der Waals surface area contributed by atoms with Crippen molar-refractivity contribution >= 4 is 39.8 Å². The third-order valence-electron chi connectivity index (χ3n) is 4.39. The average molecular weight is 538 g/mol. The first-order valence-corrected chi connectivity index (χ1v) is 16.0. The van der Waals surface area contributed by atoms with Crippen molar-refractivity contribution in [3.63, 3.8) is 0 Å². The molecular formula is C22H27Cl3N2O4Ti. The molecule has 0 saturated heterocycles. The molecule has 2 aromatic rings. The molecule has 0 aliphatic rings. The molecule has 32 heavy (non-hydrogen) atoms. The van der Waals surface area contributed by atoms with Crippen LogP contribution in [0.5, 0.6) is 11.5 Å². The molecule has 0 aliphatic carbocycles. The molecule has 0 bridgehead atoms. The van der Waals surface area contributed by atoms with Gasteiger partial charge in [0.2, 0.25) is 0 Å². The zero-order valence-electron chi connectivity index (χ0n) is 18.9. The Morgan fingerprint density at radius 1 is 1.09 bits per heavy atom. The molecule has 0 aromatic heterocycles. The van der Waals surface area contributed by atoms with Crippen LogP contribution in [-0.4, -0.2) is 16.4 Å². The van der Waals surface area contributed by atoms with Gasteiger partial charge in [0.25, 0.3) is 5.09 Å². The molecule has 0 unspecified atom stereocenters. The van der Waals surface area contributed by atoms with E-state index in [2.05, 4.69) is 58.3 Å². The number of aliphatic imine (C=N–C) groups is 1. The number of nitrogens with zero attached hydrogens (tertiary/aromatic N) is 2. The van der Waals surface area contributed by atoms with Crippen molar-refractivity contribution in [2.75, 3.05) is 0 Å². The Morgan fingerprint density at radius 3 is 2.09 bits per heavy atom. The summed E-state index contributed by atoms with van der Waals surface area (Å²) in [6.45, 7) is 16.4. The second-order valence-corrected chi connectivity index (χ2v) is 16.8. The van der Waals surface area contributed by atoms with E-state index in [0.717, 1.165) is 11.1 Å². The molecule has 174 valence electrons. The molecular weight excluding hydrogens is 510 g/mol. The van der Waals surface area contributed by atoms with E-state index in [1.54, 1.807) is 12.3 Å². The number of benzene rings is 2. The van der Waals surface area contributed by atoms with E-state index < -0.39 is 19.8 Å². The van der Waals surface area contributed by atoms with Gasteiger partial charge in [0.15, 0.2) is 0 Å². The van der Waals surface area contributed by atoms with Gasteiger partial charge < -0.3 is 10.1 Å². The van der Waals surface area contributed by atoms with Gasteiger partial charge in [-0.15, -0.1) is 16.2 Å². The molecule has 0 aliphatic heterocycles. The fraction of sp³-hybridized carbons (Fsp3) is 0.364. The molecule has 2 aromatic carbocycles. The third-order valence-corrected chi connectivity index (χ3v) is 4.39. The summed E-state index contributed by atoms with van der Waals surface area (Å²) in [5, 5.41) is 20.4. The van der Waals surface area contributed by atoms with Crippen LogP contribution >= 0.6 is 27.9 Å². The molecule has 0 radical (unpaired) electrons. The number of rotatable bonds is 4. The Hall–Kier alpha value is -1.44. The summed E-state index contributed by atoms with van der Waals surface area (Å²) in [5.74, 6) is 0.282. The molecule has 2 rings (SSSR count). The standard InChI is InChI=1S/C22H27N2O4.3ClH.Ti/c1-14-10-17(28-24(26)27)8-9-19(14)23-13-15-11-16(21(2,3)4)12-18(20(15)25)22(5,6)7;;;;/h8-13,25H,1H2,2-7H3;3*1H;/q-1;;;;+4/p-3. The van der Waals surface area contributed by atoms with E-state index >= 15 is 0 Å². The van der Waals surface area contributed by atoms with Crippen LogP contribution < -0.4 is 4.84 Å². The van der Waals surface area contributed by atoms with Crippen LogP contribution in [-0.2, 0) is 25.5 Å². The average Bonchev–Trinajstić information content (AvgIpc) is 2.59. The van der Waals surface area contributed by atoms with Gasteiger partial charge in [-0.2, -0.15) is 12.5 Å². The van der Waals surface area contributed by atoms with E-state index in [1.165, 1.54) is 12.1 Å². The molecule has 0 heterocycles. The Bertz CT molecular complexity index is 982. The van der Waals surface area contributed by atoms with Crippen LogP contribution in [0.15, 0.2) is 35.3 Å². The quantitative estimate of drug-likeness (QED) is 0.143. The minimum absolute atomic E-state index is 0.0848. The SMILES string of the molecule is [CH2-]c1cc(O[N+](=O)[O-])ccc1N=Cc1cc(C(C)(C)C)cc(C(C)(C)C)c1O.[Cl][Ti+]([Cl])[Cl]. The fourth-order valence-electron chi connectivity index (χ4n) is 2.73. The first-order chi connectivity index (χ1) is 14.5. The maximum absolute atomic E-state index is 10.8. The Balaban J connectivity index is 0.00000118. The second kappa shape index (κ2) is 11.6. The first kappa shape index (κ1) is 28.6. The summed E-state index contributed by atoms with van der Waals surface area (Å²) in [6.07, 6.45) is 1.60. The van der Waals surface area contributed by atoms with Crippen LogP contribution in [0.25, 0.3) is 0 Å². The summed E-state index contributed by atoms with van der Waals surface area (Å²) in [7, 11) is 14.9. The number of hydrogen-bond donors (Lipinski definition) is 1. The first-order valence-electron chi connectivity index (χ1n) is 9.56. The van der Waals surface area contributed by atoms with Crippen molar-refractivity contribution in [2.45, 2.75) is 52.4 Å². The molecule has 0 saturated carbocycles. The van der Waals surface area contributed by atoms with Crippen LogP contribution in [0.1, 0.15) is 63.8 Å². The van der Waals surface area contributed by atoms with Gasteiger partial charge in [-0.25, -0.2) is 0 Å². The van der Waals surface area contributed by atoms with Gasteiger partial charge in [0, 0.05) is 17.3 Å². The summed E-state index contributed by atoms with van der Waals surface area (Å²) in [6, 6.07) is 8.47. The van der Waals surface area contributed by atoms with Crippen LogP contribution in [0, 0.1) is 17.0 Å². The Kier molecular flexibility index (Phi) is 10.4. The molecule has 10 heteroatoms. The van der Waals surface area contributed by atoms with E-state index in [4.69, 9.17) is 27.9 Å². The Morgan fingerprint density at radius 2 is 1.66 bits per heavy atom. The number of phenolic OH excluding ortho intramolecular Hbond substituents is 1. The molecule has 1 N–H and O–H groups in total. The summed E-state index contributed by atoms with van der Waals surface area (Å²) >= 11 is -1.92. The van der Waals surface area contributed by atoms with E-state index in [1.807, 2.05) is 12.1 Å². The third kappa shape index (κ3) is 9.20. The van der Waals surface area contributed by atoms with Crippen molar-refractivity contribution in [2.24, 2.45) is 4.99 Å². The second-order valence-electron chi connectivity index (χ2n) is 9.04. The van der Waals surface area contributed by atoms with E-state index in [-0.39, 0.29) is 22.3 Å². The van der Waals surface area contributed by atoms with Gasteiger partial charge in [-0.3, -0.25) is 4.84 Å². The van der Waals surface area contributed by atoms with E-state index in [9.17, 15) is 15.2 Å². The van der Waals surface area contributed by atoms with Gasteiger partial charge in [0.1, 0.15) is 5.75 Å². The predicted octanol–water partition coefficient (Wildman–Crippen LogP) is 7.56. The number of halogens is 3. The maximum atomic E-state index is 10.8. The number of phenols is 1. The zero-order chi connectivity index (χ0) is 24.9. The van der Waals surface area contributed by atoms with Crippen molar-refractivity contribution < 1.29 is 29.7 Å². The van der Waals surface area contributed by atoms with Crippen LogP contribution in [0.4, 0.5) is 5.69 Å². The summed E-state index contributed by atoms with van der Waals surface area (Å²) in [4.78, 5) is 19.3. The van der Waals surface area contributed by atoms with E-state index in [0.29, 0.717) is 16.8 Å². The molecule has 0 amide bonds. The normalized spacial score (nSPS) is 11.7. The van der Waals surface area contributed by atoms with Crippen molar-refractivity contribution in [3.8, 4) is 11.5 Å². The number of aromatic hydroxyl groups is 1. The topological polar surface area (TPSA) is 85.0 Å². The van der Waals surface area contributed by atoms with Crippen molar-refractivity contribution in [3.05, 3.63) is 69.6 Å². The van der Waals surface area contributed by atoms with Crippen molar-refractivity contribution in [1.29, 1.82) is 0 Å². The molecule has 0 spiro atoms. The monoisotopic (exact) mass is 536 g/mol. The fourth-order valence-corrected chi connectivity index (χ4v) is 2.73. The van der Waals surface area contributed by atoms with Gasteiger partial charge in [-0.05, 0) is 28.1 Å². The predicted molar refractivity (Wildman–Crippen MR) is 129 cm³/mol. The van der Waals surface area contributed by atoms with Gasteiger partial charge in [-0.1, -0.05) is 59.7 Å². The van der Waals surface area contributed by atoms with Crippen molar-refractivity contribution in [1.82, 2.24) is 0 Å². The summed E-state index contributed by atoms with van der Waals surface area (Å²) in [5.41, 5.74) is 3.27. The molecule has 0 atom stereocenters. The van der Waals surface area contributed by atoms with Gasteiger partial charge >= 0.3 is 42.6 Å².